The molecule has 3 nitrogen and oxygen atoms in total. The largest absolute Gasteiger partial charge is 0.394 e. The number of hydrogen-bond acceptors (Lipinski definition) is 2. The topological polar surface area (TPSA) is 49.3 Å². The number of amides is 1. The summed E-state index contributed by atoms with van der Waals surface area (Å²) in [6.45, 7) is 2.04. The number of hydrogen-bond donors (Lipinski definition) is 2. The number of nitrogens with one attached hydrogen (secondary N) is 1. The van der Waals surface area contributed by atoms with Crippen molar-refractivity contribution in [2.24, 2.45) is 0 Å². The highest BCUT2D eigenvalue weighted by Crippen LogP contribution is 2.12. The summed E-state index contributed by atoms with van der Waals surface area (Å²) in [4.78, 5) is 11.6. The number of rotatable bonds is 7. The van der Waals surface area contributed by atoms with Crippen molar-refractivity contribution in [2.45, 2.75) is 38.6 Å². The van der Waals surface area contributed by atoms with Crippen molar-refractivity contribution in [1.29, 1.82) is 0 Å². The lowest BCUT2D eigenvalue weighted by Gasteiger charge is -2.16. The fourth-order valence-corrected chi connectivity index (χ4v) is 1.72. The van der Waals surface area contributed by atoms with Crippen LogP contribution in [0.3, 0.4) is 0 Å². The van der Waals surface area contributed by atoms with E-state index in [1.165, 1.54) is 0 Å². The zero-order chi connectivity index (χ0) is 12.5. The van der Waals surface area contributed by atoms with Gasteiger partial charge in [-0.05, 0) is 12.0 Å². The maximum absolute atomic E-state index is 11.6. The molecule has 0 heterocycles. The SMILES string of the molecule is CCCCCC(=O)N[C@H](CO)c1ccccc1. The number of aliphatic hydroxyl groups excluding tert-OH is 1. The number of benzene rings is 1. The summed E-state index contributed by atoms with van der Waals surface area (Å²) < 4.78 is 0. The number of carbonyl (C=O) groups is 1. The van der Waals surface area contributed by atoms with Gasteiger partial charge in [0.2, 0.25) is 5.91 Å². The zero-order valence-corrected chi connectivity index (χ0v) is 10.4. The predicted molar refractivity (Wildman–Crippen MR) is 68.6 cm³/mol. The lowest BCUT2D eigenvalue weighted by molar-refractivity contribution is -0.122. The fraction of sp³-hybridized carbons (Fsp3) is 0.500. The Morgan fingerprint density at radius 1 is 1.29 bits per heavy atom. The second kappa shape index (κ2) is 7.85. The van der Waals surface area contributed by atoms with E-state index in [4.69, 9.17) is 0 Å². The van der Waals surface area contributed by atoms with Gasteiger partial charge in [0.15, 0.2) is 0 Å². The van der Waals surface area contributed by atoms with E-state index in [0.717, 1.165) is 24.8 Å². The highest BCUT2D eigenvalue weighted by molar-refractivity contribution is 5.76. The molecule has 0 bridgehead atoms. The summed E-state index contributed by atoms with van der Waals surface area (Å²) in [6, 6.07) is 9.26. The first kappa shape index (κ1) is 13.7. The number of aliphatic hydroxyl groups is 1. The van der Waals surface area contributed by atoms with Crippen molar-refractivity contribution >= 4 is 5.91 Å². The van der Waals surface area contributed by atoms with Gasteiger partial charge >= 0.3 is 0 Å². The smallest absolute Gasteiger partial charge is 0.220 e. The Morgan fingerprint density at radius 2 is 2.00 bits per heavy atom. The summed E-state index contributed by atoms with van der Waals surface area (Å²) >= 11 is 0. The van der Waals surface area contributed by atoms with Crippen LogP contribution in [-0.4, -0.2) is 17.6 Å². The van der Waals surface area contributed by atoms with Gasteiger partial charge in [0.25, 0.3) is 0 Å². The van der Waals surface area contributed by atoms with Gasteiger partial charge < -0.3 is 10.4 Å². The molecular weight excluding hydrogens is 214 g/mol. The van der Waals surface area contributed by atoms with Crippen molar-refractivity contribution < 1.29 is 9.90 Å². The van der Waals surface area contributed by atoms with Crippen LogP contribution in [0.5, 0.6) is 0 Å². The molecule has 0 radical (unpaired) electrons. The molecule has 0 fully saturated rings. The highest BCUT2D eigenvalue weighted by Gasteiger charge is 2.12. The monoisotopic (exact) mass is 235 g/mol. The quantitative estimate of drug-likeness (QED) is 0.713. The van der Waals surface area contributed by atoms with Crippen molar-refractivity contribution in [3.63, 3.8) is 0 Å². The molecule has 3 heteroatoms. The minimum absolute atomic E-state index is 0.0151. The third kappa shape index (κ3) is 5.00. The van der Waals surface area contributed by atoms with E-state index in [-0.39, 0.29) is 18.6 Å². The Balaban J connectivity index is 2.44. The molecule has 0 unspecified atom stereocenters. The van der Waals surface area contributed by atoms with Crippen LogP contribution in [0.15, 0.2) is 30.3 Å². The number of unbranched alkanes of at least 4 members (excludes halogenated alkanes) is 2. The van der Waals surface area contributed by atoms with E-state index >= 15 is 0 Å². The molecule has 0 saturated carbocycles. The molecule has 1 atom stereocenters. The van der Waals surface area contributed by atoms with Crippen LogP contribution in [0.25, 0.3) is 0 Å². The van der Waals surface area contributed by atoms with Gasteiger partial charge in [-0.2, -0.15) is 0 Å². The first-order valence-electron chi connectivity index (χ1n) is 6.23. The Morgan fingerprint density at radius 3 is 2.59 bits per heavy atom. The molecule has 0 spiro atoms. The molecule has 0 saturated heterocycles. The lowest BCUT2D eigenvalue weighted by atomic mass is 10.1. The molecule has 2 N–H and O–H groups in total. The molecule has 17 heavy (non-hydrogen) atoms. The predicted octanol–water partition coefficient (Wildman–Crippen LogP) is 2.42. The van der Waals surface area contributed by atoms with Crippen LogP contribution in [-0.2, 0) is 4.79 Å². The Labute approximate surface area is 103 Å². The van der Waals surface area contributed by atoms with Gasteiger partial charge in [0.1, 0.15) is 0 Å². The molecule has 1 aromatic carbocycles. The average molecular weight is 235 g/mol. The summed E-state index contributed by atoms with van der Waals surface area (Å²) in [5.74, 6) is 0.0151. The minimum Gasteiger partial charge on any atom is -0.394 e. The third-order valence-corrected chi connectivity index (χ3v) is 2.73. The van der Waals surface area contributed by atoms with E-state index in [9.17, 15) is 9.90 Å². The summed E-state index contributed by atoms with van der Waals surface area (Å²) in [7, 11) is 0. The molecule has 0 aliphatic rings. The van der Waals surface area contributed by atoms with E-state index in [2.05, 4.69) is 12.2 Å². The van der Waals surface area contributed by atoms with Crippen LogP contribution in [0.1, 0.15) is 44.2 Å². The fourth-order valence-electron chi connectivity index (χ4n) is 1.72. The van der Waals surface area contributed by atoms with Crippen LogP contribution >= 0.6 is 0 Å². The van der Waals surface area contributed by atoms with Crippen LogP contribution in [0.2, 0.25) is 0 Å². The standard InChI is InChI=1S/C14H21NO2/c1-2-3-5-10-14(17)15-13(11-16)12-8-6-4-7-9-12/h4,6-9,13,16H,2-3,5,10-11H2,1H3,(H,15,17)/t13-/m1/s1. The van der Waals surface area contributed by atoms with E-state index in [1.807, 2.05) is 30.3 Å². The Bertz CT molecular complexity index is 324. The van der Waals surface area contributed by atoms with Crippen LogP contribution in [0.4, 0.5) is 0 Å². The van der Waals surface area contributed by atoms with Crippen LogP contribution < -0.4 is 5.32 Å². The second-order valence-corrected chi connectivity index (χ2v) is 4.17. The van der Waals surface area contributed by atoms with Crippen molar-refractivity contribution in [2.75, 3.05) is 6.61 Å². The summed E-state index contributed by atoms with van der Waals surface area (Å²) in [6.07, 6.45) is 3.63. The highest BCUT2D eigenvalue weighted by atomic mass is 16.3. The minimum atomic E-state index is -0.287. The summed E-state index contributed by atoms with van der Waals surface area (Å²) in [5.41, 5.74) is 0.943. The average Bonchev–Trinajstić information content (AvgIpc) is 2.37. The lowest BCUT2D eigenvalue weighted by Crippen LogP contribution is -2.30. The van der Waals surface area contributed by atoms with Gasteiger partial charge in [-0.1, -0.05) is 50.1 Å². The van der Waals surface area contributed by atoms with E-state index in [0.29, 0.717) is 6.42 Å². The normalized spacial score (nSPS) is 12.1. The molecule has 1 aromatic rings. The Hall–Kier alpha value is -1.35. The van der Waals surface area contributed by atoms with E-state index in [1.54, 1.807) is 0 Å². The maximum Gasteiger partial charge on any atom is 0.220 e. The zero-order valence-electron chi connectivity index (χ0n) is 10.4. The molecule has 0 aliphatic carbocycles. The molecule has 1 amide bonds. The van der Waals surface area contributed by atoms with Gasteiger partial charge in [-0.15, -0.1) is 0 Å². The van der Waals surface area contributed by atoms with Gasteiger partial charge in [0, 0.05) is 6.42 Å². The number of carbonyl (C=O) groups excluding carboxylic acids is 1. The molecule has 0 aliphatic heterocycles. The van der Waals surface area contributed by atoms with Crippen molar-refractivity contribution in [3.05, 3.63) is 35.9 Å². The Kier molecular flexibility index (Phi) is 6.33. The molecule has 1 rings (SSSR count). The van der Waals surface area contributed by atoms with Crippen molar-refractivity contribution in [3.8, 4) is 0 Å². The van der Waals surface area contributed by atoms with Crippen molar-refractivity contribution in [1.82, 2.24) is 5.32 Å². The molecule has 94 valence electrons. The van der Waals surface area contributed by atoms with E-state index < -0.39 is 0 Å². The molecule has 0 aromatic heterocycles. The van der Waals surface area contributed by atoms with Gasteiger partial charge in [-0.3, -0.25) is 4.79 Å². The first-order chi connectivity index (χ1) is 8.27. The first-order valence-corrected chi connectivity index (χ1v) is 6.23. The van der Waals surface area contributed by atoms with Crippen LogP contribution in [0, 0.1) is 0 Å². The maximum atomic E-state index is 11.6. The third-order valence-electron chi connectivity index (χ3n) is 2.73. The van der Waals surface area contributed by atoms with Gasteiger partial charge in [-0.25, -0.2) is 0 Å². The summed E-state index contributed by atoms with van der Waals surface area (Å²) in [5, 5.41) is 12.1. The van der Waals surface area contributed by atoms with Gasteiger partial charge in [0.05, 0.1) is 12.6 Å². The second-order valence-electron chi connectivity index (χ2n) is 4.17. The molecular formula is C14H21NO2.